The Balaban J connectivity index is 1.42. The highest BCUT2D eigenvalue weighted by atomic mass is 16.5. The summed E-state index contributed by atoms with van der Waals surface area (Å²) < 4.78 is 5.68. The average molecular weight is 409 g/mol. The first-order valence-corrected chi connectivity index (χ1v) is 12.0. The van der Waals surface area contributed by atoms with Crippen molar-refractivity contribution in [2.75, 3.05) is 26.7 Å². The van der Waals surface area contributed by atoms with Gasteiger partial charge in [-0.05, 0) is 97.9 Å². The lowest BCUT2D eigenvalue weighted by molar-refractivity contribution is -0.102. The predicted molar refractivity (Wildman–Crippen MR) is 113 cm³/mol. The summed E-state index contributed by atoms with van der Waals surface area (Å²) in [6, 6.07) is 7.64. The van der Waals surface area contributed by atoms with E-state index < -0.39 is 6.09 Å². The second-order valence-electron chi connectivity index (χ2n) is 11.1. The number of piperidine rings is 1. The fraction of sp³-hybridized carbons (Fsp3) is 0.720. The summed E-state index contributed by atoms with van der Waals surface area (Å²) >= 11 is 0. The maximum absolute atomic E-state index is 12.1. The maximum atomic E-state index is 12.1. The number of nitrogens with zero attached hydrogens (tertiary/aromatic N) is 2. The van der Waals surface area contributed by atoms with Gasteiger partial charge in [0.2, 0.25) is 0 Å². The summed E-state index contributed by atoms with van der Waals surface area (Å²) in [6.45, 7) is 3.22. The highest BCUT2D eigenvalue weighted by Crippen LogP contribution is 2.75. The molecule has 1 N–H and O–H groups in total. The van der Waals surface area contributed by atoms with Crippen molar-refractivity contribution in [3.8, 4) is 5.75 Å². The molecule has 2 unspecified atom stereocenters. The van der Waals surface area contributed by atoms with Crippen LogP contribution in [-0.2, 0) is 11.8 Å². The second kappa shape index (κ2) is 5.73. The van der Waals surface area contributed by atoms with Gasteiger partial charge >= 0.3 is 6.09 Å². The third kappa shape index (κ3) is 1.97. The Morgan fingerprint density at radius 1 is 1.27 bits per heavy atom. The van der Waals surface area contributed by atoms with Gasteiger partial charge < -0.3 is 14.7 Å². The van der Waals surface area contributed by atoms with Crippen LogP contribution in [0.15, 0.2) is 18.2 Å². The van der Waals surface area contributed by atoms with Crippen LogP contribution >= 0.6 is 0 Å². The van der Waals surface area contributed by atoms with E-state index in [1.165, 1.54) is 62.7 Å². The van der Waals surface area contributed by atoms with Gasteiger partial charge in [-0.25, -0.2) is 4.79 Å². The van der Waals surface area contributed by atoms with E-state index in [0.29, 0.717) is 23.3 Å². The van der Waals surface area contributed by atoms with Crippen LogP contribution in [0, 0.1) is 23.2 Å². The molecule has 160 valence electrons. The number of hydrogen-bond donors (Lipinski definition) is 1. The van der Waals surface area contributed by atoms with Crippen LogP contribution in [0.2, 0.25) is 0 Å². The van der Waals surface area contributed by atoms with Gasteiger partial charge in [0.15, 0.2) is 0 Å². The normalized spacial score (nSPS) is 43.3. The number of methoxy groups -OCH3 is 1. The zero-order chi connectivity index (χ0) is 20.3. The molecule has 5 fully saturated rings. The minimum atomic E-state index is -0.706. The fourth-order valence-corrected chi connectivity index (χ4v) is 9.28. The van der Waals surface area contributed by atoms with Gasteiger partial charge in [-0.2, -0.15) is 0 Å². The Bertz CT molecular complexity index is 929. The zero-order valence-corrected chi connectivity index (χ0v) is 17.8. The van der Waals surface area contributed by atoms with Gasteiger partial charge in [-0.15, -0.1) is 0 Å². The third-order valence-electron chi connectivity index (χ3n) is 10.2. The van der Waals surface area contributed by atoms with Crippen molar-refractivity contribution in [3.63, 3.8) is 0 Å². The summed E-state index contributed by atoms with van der Waals surface area (Å²) in [6.07, 6.45) is 7.95. The van der Waals surface area contributed by atoms with E-state index in [9.17, 15) is 9.90 Å². The number of carbonyl (C=O) groups is 1. The molecule has 30 heavy (non-hydrogen) atoms. The molecule has 5 nitrogen and oxygen atoms in total. The molecule has 0 radical (unpaired) electrons. The predicted octanol–water partition coefficient (Wildman–Crippen LogP) is 3.75. The van der Waals surface area contributed by atoms with Crippen molar-refractivity contribution in [2.24, 2.45) is 23.2 Å². The molecule has 0 spiro atoms. The monoisotopic (exact) mass is 408 g/mol. The SMILES string of the molecule is COc1ccc2c(c1)[C@]13CCN(CC4CC4)[C@H](C2)[C@]12CCC1C3[C@@H](CN1C(=O)O)C2. The topological polar surface area (TPSA) is 53.0 Å². The molecule has 4 bridgehead atoms. The molecule has 0 aromatic heterocycles. The van der Waals surface area contributed by atoms with E-state index >= 15 is 0 Å². The van der Waals surface area contributed by atoms with E-state index in [2.05, 4.69) is 23.1 Å². The van der Waals surface area contributed by atoms with Crippen LogP contribution in [0.3, 0.4) is 0 Å². The molecule has 2 saturated heterocycles. The minimum Gasteiger partial charge on any atom is -0.497 e. The molecule has 7 rings (SSSR count). The smallest absolute Gasteiger partial charge is 0.407 e. The summed E-state index contributed by atoms with van der Waals surface area (Å²) in [7, 11) is 1.77. The quantitative estimate of drug-likeness (QED) is 0.828. The Kier molecular flexibility index (Phi) is 3.41. The van der Waals surface area contributed by atoms with Crippen molar-refractivity contribution in [3.05, 3.63) is 29.3 Å². The first-order chi connectivity index (χ1) is 14.6. The minimum absolute atomic E-state index is 0.137. The van der Waals surface area contributed by atoms with Crippen LogP contribution in [0.25, 0.3) is 0 Å². The number of fused-ring (bicyclic) bond motifs is 1. The zero-order valence-electron chi connectivity index (χ0n) is 17.8. The Labute approximate surface area is 178 Å². The van der Waals surface area contributed by atoms with Crippen LogP contribution in [0.1, 0.15) is 49.7 Å². The summed E-state index contributed by atoms with van der Waals surface area (Å²) in [5.41, 5.74) is 3.49. The molecule has 3 saturated carbocycles. The van der Waals surface area contributed by atoms with Gasteiger partial charge in [0.25, 0.3) is 0 Å². The lowest BCUT2D eigenvalue weighted by Gasteiger charge is -2.66. The molecule has 6 aliphatic rings. The van der Waals surface area contributed by atoms with Crippen LogP contribution in [0.5, 0.6) is 5.75 Å². The molecular weight excluding hydrogens is 376 g/mol. The van der Waals surface area contributed by atoms with Crippen molar-refractivity contribution in [1.82, 2.24) is 9.80 Å². The Morgan fingerprint density at radius 3 is 2.90 bits per heavy atom. The van der Waals surface area contributed by atoms with Crippen LogP contribution in [-0.4, -0.2) is 59.8 Å². The van der Waals surface area contributed by atoms with Crippen molar-refractivity contribution in [2.45, 2.75) is 62.4 Å². The van der Waals surface area contributed by atoms with E-state index in [0.717, 1.165) is 24.6 Å². The second-order valence-corrected chi connectivity index (χ2v) is 11.1. The van der Waals surface area contributed by atoms with Gasteiger partial charge in [0.1, 0.15) is 5.75 Å². The average Bonchev–Trinajstić information content (AvgIpc) is 3.42. The van der Waals surface area contributed by atoms with E-state index in [4.69, 9.17) is 4.74 Å². The number of carboxylic acid groups (broad SMARTS) is 1. The molecule has 4 aliphatic carbocycles. The molecule has 1 aromatic rings. The first kappa shape index (κ1) is 17.9. The molecular formula is C25H32N2O3. The molecule has 2 aliphatic heterocycles. The summed E-state index contributed by atoms with van der Waals surface area (Å²) in [4.78, 5) is 16.8. The number of ether oxygens (including phenoxy) is 1. The summed E-state index contributed by atoms with van der Waals surface area (Å²) in [5.74, 6) is 2.89. The Morgan fingerprint density at radius 2 is 2.13 bits per heavy atom. The first-order valence-electron chi connectivity index (χ1n) is 12.0. The van der Waals surface area contributed by atoms with Crippen LogP contribution < -0.4 is 4.74 Å². The number of rotatable bonds is 3. The Hall–Kier alpha value is -1.75. The summed E-state index contributed by atoms with van der Waals surface area (Å²) in [5, 5.41) is 9.93. The highest BCUT2D eigenvalue weighted by molar-refractivity contribution is 5.67. The number of likely N-dealkylation sites (tertiary alicyclic amines) is 2. The fourth-order valence-electron chi connectivity index (χ4n) is 9.28. The van der Waals surface area contributed by atoms with E-state index in [-0.39, 0.29) is 11.5 Å². The lowest BCUT2D eigenvalue weighted by atomic mass is 9.43. The molecule has 5 heteroatoms. The standard InChI is InChI=1S/C25H32N2O3/c1-30-18-5-4-16-10-21-24-7-6-20-22(17(12-24)14-27(20)23(28)29)25(24,19(16)11-18)8-9-26(21)13-15-2-3-15/h4-5,11,15,17,20-22H,2-3,6-10,12-14H2,1H3,(H,28,29)/t17-,20?,21-,22?,24-,25+/m1/s1. The molecule has 1 amide bonds. The number of hydrogen-bond acceptors (Lipinski definition) is 3. The number of benzene rings is 1. The van der Waals surface area contributed by atoms with Gasteiger partial charge in [-0.3, -0.25) is 4.90 Å². The lowest BCUT2D eigenvalue weighted by Crippen LogP contribution is -2.69. The molecule has 1 aromatic carbocycles. The molecule has 2 heterocycles. The van der Waals surface area contributed by atoms with Gasteiger partial charge in [0, 0.05) is 30.6 Å². The van der Waals surface area contributed by atoms with E-state index in [1.54, 1.807) is 7.11 Å². The third-order valence-corrected chi connectivity index (χ3v) is 10.2. The van der Waals surface area contributed by atoms with Gasteiger partial charge in [0.05, 0.1) is 7.11 Å². The van der Waals surface area contributed by atoms with Crippen LogP contribution in [0.4, 0.5) is 4.79 Å². The van der Waals surface area contributed by atoms with Crippen molar-refractivity contribution in [1.29, 1.82) is 0 Å². The van der Waals surface area contributed by atoms with Crippen molar-refractivity contribution >= 4 is 6.09 Å². The largest absolute Gasteiger partial charge is 0.497 e. The van der Waals surface area contributed by atoms with Gasteiger partial charge in [-0.1, -0.05) is 6.07 Å². The number of amides is 1. The maximum Gasteiger partial charge on any atom is 0.407 e. The molecule has 6 atom stereocenters. The highest BCUT2D eigenvalue weighted by Gasteiger charge is 2.76. The van der Waals surface area contributed by atoms with E-state index in [1.807, 2.05) is 4.90 Å². The van der Waals surface area contributed by atoms with Crippen molar-refractivity contribution < 1.29 is 14.6 Å².